The standard InChI is InChI=1S/C27H28N4O/c1-19-18-31(30-29-19)17-3-2-16-28-25(32)9-5-6-20-10-11-23-13-12-21-7-4-8-22-14-15-24(20)27(23)26(21)22/h4,7-8,10-15,18H,2-3,5-6,9,16-17H2,1H3,(H,28,32). The lowest BCUT2D eigenvalue weighted by Gasteiger charge is -2.14. The van der Waals surface area contributed by atoms with Crippen molar-refractivity contribution in [2.45, 2.75) is 45.6 Å². The van der Waals surface area contributed by atoms with Gasteiger partial charge < -0.3 is 5.32 Å². The maximum absolute atomic E-state index is 12.3. The second kappa shape index (κ2) is 8.95. The lowest BCUT2D eigenvalue weighted by molar-refractivity contribution is -0.121. The van der Waals surface area contributed by atoms with Crippen LogP contribution in [-0.4, -0.2) is 27.4 Å². The van der Waals surface area contributed by atoms with Gasteiger partial charge in [0.05, 0.1) is 5.69 Å². The number of aryl methyl sites for hydroxylation is 3. The number of nitrogens with zero attached hydrogens (tertiary/aromatic N) is 3. The molecule has 5 nitrogen and oxygen atoms in total. The number of nitrogens with one attached hydrogen (secondary N) is 1. The number of benzene rings is 4. The van der Waals surface area contributed by atoms with E-state index in [0.717, 1.165) is 37.9 Å². The molecule has 0 saturated carbocycles. The lowest BCUT2D eigenvalue weighted by atomic mass is 9.90. The van der Waals surface area contributed by atoms with E-state index in [-0.39, 0.29) is 5.91 Å². The molecule has 0 aliphatic carbocycles. The van der Waals surface area contributed by atoms with Crippen LogP contribution in [0.3, 0.4) is 0 Å². The van der Waals surface area contributed by atoms with Crippen molar-refractivity contribution in [3.63, 3.8) is 0 Å². The third kappa shape index (κ3) is 4.15. The zero-order valence-electron chi connectivity index (χ0n) is 18.5. The molecule has 1 N–H and O–H groups in total. The Morgan fingerprint density at radius 2 is 1.66 bits per heavy atom. The van der Waals surface area contributed by atoms with Crippen molar-refractivity contribution in [3.8, 4) is 0 Å². The Bertz CT molecular complexity index is 1350. The van der Waals surface area contributed by atoms with Gasteiger partial charge in [-0.25, -0.2) is 0 Å². The molecule has 1 amide bonds. The number of amides is 1. The maximum Gasteiger partial charge on any atom is 0.220 e. The van der Waals surface area contributed by atoms with Crippen LogP contribution in [0.4, 0.5) is 0 Å². The summed E-state index contributed by atoms with van der Waals surface area (Å²) < 4.78 is 1.85. The normalized spacial score (nSPS) is 11.7. The quantitative estimate of drug-likeness (QED) is 0.254. The summed E-state index contributed by atoms with van der Waals surface area (Å²) >= 11 is 0. The number of hydrogen-bond acceptors (Lipinski definition) is 3. The van der Waals surface area contributed by atoms with Gasteiger partial charge in [0.25, 0.3) is 0 Å². The van der Waals surface area contributed by atoms with E-state index < -0.39 is 0 Å². The van der Waals surface area contributed by atoms with Crippen molar-refractivity contribution in [1.82, 2.24) is 20.3 Å². The first-order chi connectivity index (χ1) is 15.7. The van der Waals surface area contributed by atoms with Crippen LogP contribution in [0, 0.1) is 6.92 Å². The topological polar surface area (TPSA) is 59.8 Å². The molecule has 1 aromatic heterocycles. The molecule has 0 radical (unpaired) electrons. The van der Waals surface area contributed by atoms with E-state index in [9.17, 15) is 4.79 Å². The molecule has 0 aliphatic heterocycles. The molecule has 0 unspecified atom stereocenters. The van der Waals surface area contributed by atoms with Crippen LogP contribution in [0.5, 0.6) is 0 Å². The number of aromatic nitrogens is 3. The first-order valence-electron chi connectivity index (χ1n) is 11.5. The van der Waals surface area contributed by atoms with Gasteiger partial charge in [-0.3, -0.25) is 9.48 Å². The maximum atomic E-state index is 12.3. The van der Waals surface area contributed by atoms with Crippen LogP contribution < -0.4 is 5.32 Å². The fourth-order valence-corrected chi connectivity index (χ4v) is 4.67. The Morgan fingerprint density at radius 3 is 2.44 bits per heavy atom. The highest BCUT2D eigenvalue weighted by atomic mass is 16.1. The third-order valence-corrected chi connectivity index (χ3v) is 6.26. The van der Waals surface area contributed by atoms with Gasteiger partial charge in [-0.15, -0.1) is 5.10 Å². The van der Waals surface area contributed by atoms with E-state index in [1.807, 2.05) is 17.8 Å². The van der Waals surface area contributed by atoms with Crippen molar-refractivity contribution < 1.29 is 4.79 Å². The summed E-state index contributed by atoms with van der Waals surface area (Å²) in [6.07, 6.45) is 6.19. The van der Waals surface area contributed by atoms with Crippen LogP contribution in [0.25, 0.3) is 32.3 Å². The van der Waals surface area contributed by atoms with E-state index in [2.05, 4.69) is 70.2 Å². The minimum atomic E-state index is 0.138. The van der Waals surface area contributed by atoms with Crippen molar-refractivity contribution in [3.05, 3.63) is 72.1 Å². The van der Waals surface area contributed by atoms with Crippen molar-refractivity contribution >= 4 is 38.2 Å². The number of hydrogen-bond donors (Lipinski definition) is 1. The summed E-state index contributed by atoms with van der Waals surface area (Å²) in [5, 5.41) is 19.0. The molecule has 0 atom stereocenters. The van der Waals surface area contributed by atoms with Crippen LogP contribution in [-0.2, 0) is 17.8 Å². The molecular weight excluding hydrogens is 396 g/mol. The minimum absolute atomic E-state index is 0.138. The molecule has 0 saturated heterocycles. The van der Waals surface area contributed by atoms with E-state index in [1.54, 1.807) is 0 Å². The Labute approximate surface area is 187 Å². The molecular formula is C27H28N4O. The summed E-state index contributed by atoms with van der Waals surface area (Å²) in [6.45, 7) is 3.49. The molecule has 4 aromatic carbocycles. The van der Waals surface area contributed by atoms with E-state index in [4.69, 9.17) is 0 Å². The second-order valence-electron chi connectivity index (χ2n) is 8.61. The van der Waals surface area contributed by atoms with Crippen LogP contribution in [0.2, 0.25) is 0 Å². The molecule has 0 spiro atoms. The Balaban J connectivity index is 1.15. The molecule has 32 heavy (non-hydrogen) atoms. The average Bonchev–Trinajstić information content (AvgIpc) is 3.23. The van der Waals surface area contributed by atoms with Crippen molar-refractivity contribution in [2.75, 3.05) is 6.54 Å². The molecule has 1 heterocycles. The van der Waals surface area contributed by atoms with Gasteiger partial charge in [-0.05, 0) is 70.5 Å². The van der Waals surface area contributed by atoms with Gasteiger partial charge in [-0.2, -0.15) is 0 Å². The predicted octanol–water partition coefficient (Wildman–Crippen LogP) is 5.40. The zero-order valence-corrected chi connectivity index (χ0v) is 18.5. The predicted molar refractivity (Wildman–Crippen MR) is 130 cm³/mol. The summed E-state index contributed by atoms with van der Waals surface area (Å²) in [6, 6.07) is 19.8. The molecule has 5 aromatic rings. The molecule has 0 fully saturated rings. The Hall–Kier alpha value is -3.47. The fourth-order valence-electron chi connectivity index (χ4n) is 4.67. The number of rotatable bonds is 9. The van der Waals surface area contributed by atoms with Crippen LogP contribution >= 0.6 is 0 Å². The smallest absolute Gasteiger partial charge is 0.220 e. The molecule has 162 valence electrons. The van der Waals surface area contributed by atoms with Crippen molar-refractivity contribution in [1.29, 1.82) is 0 Å². The summed E-state index contributed by atoms with van der Waals surface area (Å²) in [5.41, 5.74) is 2.26. The highest BCUT2D eigenvalue weighted by Gasteiger charge is 2.11. The fraction of sp³-hybridized carbons (Fsp3) is 0.296. The first-order valence-corrected chi connectivity index (χ1v) is 11.5. The zero-order chi connectivity index (χ0) is 21.9. The summed E-state index contributed by atoms with van der Waals surface area (Å²) in [5.74, 6) is 0.138. The van der Waals surface area contributed by atoms with Crippen LogP contribution in [0.15, 0.2) is 60.8 Å². The van der Waals surface area contributed by atoms with Gasteiger partial charge in [0.15, 0.2) is 0 Å². The first kappa shape index (κ1) is 20.4. The molecule has 0 aliphatic rings. The Morgan fingerprint density at radius 1 is 0.906 bits per heavy atom. The van der Waals surface area contributed by atoms with Gasteiger partial charge in [-0.1, -0.05) is 59.8 Å². The van der Waals surface area contributed by atoms with Crippen molar-refractivity contribution in [2.24, 2.45) is 0 Å². The third-order valence-electron chi connectivity index (χ3n) is 6.26. The highest BCUT2D eigenvalue weighted by molar-refractivity contribution is 6.23. The van der Waals surface area contributed by atoms with Gasteiger partial charge in [0.2, 0.25) is 5.91 Å². The van der Waals surface area contributed by atoms with Gasteiger partial charge in [0.1, 0.15) is 0 Å². The largest absolute Gasteiger partial charge is 0.356 e. The Kier molecular flexibility index (Phi) is 5.71. The second-order valence-corrected chi connectivity index (χ2v) is 8.61. The monoisotopic (exact) mass is 424 g/mol. The minimum Gasteiger partial charge on any atom is -0.356 e. The molecule has 5 heteroatoms. The van der Waals surface area contributed by atoms with E-state index >= 15 is 0 Å². The van der Waals surface area contributed by atoms with Gasteiger partial charge in [0, 0.05) is 25.7 Å². The van der Waals surface area contributed by atoms with E-state index in [0.29, 0.717) is 13.0 Å². The van der Waals surface area contributed by atoms with Gasteiger partial charge >= 0.3 is 0 Å². The number of carbonyl (C=O) groups excluding carboxylic acids is 1. The molecule has 5 rings (SSSR count). The SMILES string of the molecule is Cc1cn(CCCCNC(=O)CCCc2ccc3ccc4cccc5ccc2c3c45)nn1. The summed E-state index contributed by atoms with van der Waals surface area (Å²) in [4.78, 5) is 12.3. The average molecular weight is 425 g/mol. The van der Waals surface area contributed by atoms with Crippen LogP contribution in [0.1, 0.15) is 36.9 Å². The summed E-state index contributed by atoms with van der Waals surface area (Å²) in [7, 11) is 0. The lowest BCUT2D eigenvalue weighted by Crippen LogP contribution is -2.24. The number of unbranched alkanes of at least 4 members (excludes halogenated alkanes) is 1. The number of carbonyl (C=O) groups is 1. The van der Waals surface area contributed by atoms with E-state index in [1.165, 1.54) is 37.9 Å². The highest BCUT2D eigenvalue weighted by Crippen LogP contribution is 2.36. The molecule has 0 bridgehead atoms.